The second-order valence-electron chi connectivity index (χ2n) is 6.78. The van der Waals surface area contributed by atoms with Crippen molar-refractivity contribution in [3.63, 3.8) is 0 Å². The van der Waals surface area contributed by atoms with Crippen molar-refractivity contribution in [2.75, 3.05) is 17.7 Å². The second kappa shape index (κ2) is 9.61. The summed E-state index contributed by atoms with van der Waals surface area (Å²) in [7, 11) is -2.12. The van der Waals surface area contributed by atoms with E-state index < -0.39 is 22.0 Å². The molecule has 1 N–H and O–H groups in total. The van der Waals surface area contributed by atoms with E-state index in [1.165, 1.54) is 0 Å². The molecule has 3 aromatic rings. The molecule has 0 fully saturated rings. The molecule has 3 rings (SSSR count). The molecule has 10 heteroatoms. The van der Waals surface area contributed by atoms with Crippen molar-refractivity contribution in [3.8, 4) is 17.1 Å². The Morgan fingerprint density at radius 2 is 1.94 bits per heavy atom. The Labute approximate surface area is 181 Å². The van der Waals surface area contributed by atoms with Gasteiger partial charge in [-0.3, -0.25) is 9.10 Å². The molecule has 1 aromatic heterocycles. The Hall–Kier alpha value is -3.40. The number of sulfonamides is 1. The number of anilines is 1. The molecule has 2 aromatic carbocycles. The van der Waals surface area contributed by atoms with E-state index >= 15 is 0 Å². The Kier molecular flexibility index (Phi) is 6.91. The van der Waals surface area contributed by atoms with Crippen molar-refractivity contribution < 1.29 is 22.5 Å². The highest BCUT2D eigenvalue weighted by molar-refractivity contribution is 7.92. The molecule has 164 valence electrons. The number of methoxy groups -OCH3 is 1. The number of nitrogens with zero attached hydrogens (tertiary/aromatic N) is 3. The van der Waals surface area contributed by atoms with Crippen LogP contribution in [0, 0.1) is 0 Å². The third-order valence-electron chi connectivity index (χ3n) is 4.55. The number of hydrogen-bond donors (Lipinski definition) is 1. The average Bonchev–Trinajstić information content (AvgIpc) is 3.24. The first-order valence-electron chi connectivity index (χ1n) is 9.62. The zero-order valence-corrected chi connectivity index (χ0v) is 18.3. The number of para-hydroxylation sites is 1. The fourth-order valence-corrected chi connectivity index (χ4v) is 4.33. The molecule has 0 aliphatic heterocycles. The summed E-state index contributed by atoms with van der Waals surface area (Å²) in [6.07, 6.45) is 1.36. The van der Waals surface area contributed by atoms with Gasteiger partial charge in [-0.05, 0) is 30.7 Å². The molecule has 1 unspecified atom stereocenters. The number of amides is 1. The number of carbonyl (C=O) groups is 1. The standard InChI is InChI=1S/C21H24N4O5S/c1-4-18(25(31(3,27)28)16-10-6-5-7-11-16)21(26)22-14-19-23-20(24-30-19)15-9-8-12-17(13-15)29-2/h5-13,18H,4,14H2,1-3H3,(H,22,26). The molecule has 0 bridgehead atoms. The van der Waals surface area contributed by atoms with Crippen LogP contribution in [0.1, 0.15) is 19.2 Å². The first-order chi connectivity index (χ1) is 14.8. The van der Waals surface area contributed by atoms with Gasteiger partial charge in [0.2, 0.25) is 27.6 Å². The highest BCUT2D eigenvalue weighted by Gasteiger charge is 2.31. The van der Waals surface area contributed by atoms with Crippen LogP contribution >= 0.6 is 0 Å². The van der Waals surface area contributed by atoms with Crippen LogP contribution in [0.3, 0.4) is 0 Å². The number of carbonyl (C=O) groups excluding carboxylic acids is 1. The SMILES string of the molecule is CCC(C(=O)NCc1nc(-c2cccc(OC)c2)no1)N(c1ccccc1)S(C)(=O)=O. The summed E-state index contributed by atoms with van der Waals surface area (Å²) in [5, 5.41) is 6.62. The number of aromatic nitrogens is 2. The lowest BCUT2D eigenvalue weighted by Crippen LogP contribution is -2.49. The second-order valence-corrected chi connectivity index (χ2v) is 8.64. The maximum absolute atomic E-state index is 12.8. The zero-order valence-electron chi connectivity index (χ0n) is 17.5. The molecule has 31 heavy (non-hydrogen) atoms. The lowest BCUT2D eigenvalue weighted by Gasteiger charge is -2.29. The van der Waals surface area contributed by atoms with Gasteiger partial charge in [0.15, 0.2) is 0 Å². The molecule has 0 radical (unpaired) electrons. The highest BCUT2D eigenvalue weighted by Crippen LogP contribution is 2.23. The minimum Gasteiger partial charge on any atom is -0.497 e. The van der Waals surface area contributed by atoms with E-state index in [2.05, 4.69) is 15.5 Å². The van der Waals surface area contributed by atoms with Crippen molar-refractivity contribution in [2.45, 2.75) is 25.9 Å². The lowest BCUT2D eigenvalue weighted by molar-refractivity contribution is -0.122. The lowest BCUT2D eigenvalue weighted by atomic mass is 10.2. The van der Waals surface area contributed by atoms with E-state index in [4.69, 9.17) is 9.26 Å². The first-order valence-corrected chi connectivity index (χ1v) is 11.5. The van der Waals surface area contributed by atoms with Crippen LogP contribution in [0.5, 0.6) is 5.75 Å². The van der Waals surface area contributed by atoms with Crippen molar-refractivity contribution in [1.29, 1.82) is 0 Å². The maximum Gasteiger partial charge on any atom is 0.246 e. The molecular weight excluding hydrogens is 420 g/mol. The molecule has 9 nitrogen and oxygen atoms in total. The number of nitrogens with one attached hydrogen (secondary N) is 1. The van der Waals surface area contributed by atoms with E-state index in [-0.39, 0.29) is 18.9 Å². The van der Waals surface area contributed by atoms with Gasteiger partial charge < -0.3 is 14.6 Å². The number of benzene rings is 2. The van der Waals surface area contributed by atoms with Gasteiger partial charge >= 0.3 is 0 Å². The quantitative estimate of drug-likeness (QED) is 0.539. The van der Waals surface area contributed by atoms with Gasteiger partial charge in [0.1, 0.15) is 11.8 Å². The van der Waals surface area contributed by atoms with Crippen molar-refractivity contribution in [1.82, 2.24) is 15.5 Å². The Bertz CT molecular complexity index is 1130. The third kappa shape index (κ3) is 5.40. The molecular formula is C21H24N4O5S. The Morgan fingerprint density at radius 3 is 2.58 bits per heavy atom. The van der Waals surface area contributed by atoms with Crippen LogP contribution in [0.2, 0.25) is 0 Å². The van der Waals surface area contributed by atoms with Crippen LogP contribution in [-0.4, -0.2) is 43.9 Å². The zero-order chi connectivity index (χ0) is 22.4. The van der Waals surface area contributed by atoms with Gasteiger partial charge in [0.05, 0.1) is 25.6 Å². The molecule has 1 atom stereocenters. The van der Waals surface area contributed by atoms with Gasteiger partial charge in [-0.15, -0.1) is 0 Å². The van der Waals surface area contributed by atoms with Crippen LogP contribution in [0.15, 0.2) is 59.1 Å². The summed E-state index contributed by atoms with van der Waals surface area (Å²) >= 11 is 0. The van der Waals surface area contributed by atoms with Gasteiger partial charge in [-0.25, -0.2) is 8.42 Å². The van der Waals surface area contributed by atoms with Gasteiger partial charge in [-0.2, -0.15) is 4.98 Å². The normalized spacial score (nSPS) is 12.2. The molecule has 0 aliphatic carbocycles. The van der Waals surface area contributed by atoms with E-state index in [0.717, 1.165) is 10.6 Å². The van der Waals surface area contributed by atoms with Gasteiger partial charge in [-0.1, -0.05) is 42.4 Å². The predicted molar refractivity (Wildman–Crippen MR) is 116 cm³/mol. The van der Waals surface area contributed by atoms with Gasteiger partial charge in [0, 0.05) is 5.56 Å². The van der Waals surface area contributed by atoms with Crippen LogP contribution in [0.4, 0.5) is 5.69 Å². The summed E-state index contributed by atoms with van der Waals surface area (Å²) < 4.78 is 36.4. The summed E-state index contributed by atoms with van der Waals surface area (Å²) in [6.45, 7) is 1.72. The molecule has 1 amide bonds. The topological polar surface area (TPSA) is 115 Å². The molecule has 1 heterocycles. The molecule has 0 aliphatic rings. The van der Waals surface area contributed by atoms with E-state index in [1.807, 2.05) is 6.07 Å². The maximum atomic E-state index is 12.8. The minimum atomic E-state index is -3.69. The highest BCUT2D eigenvalue weighted by atomic mass is 32.2. The Balaban J connectivity index is 1.73. The van der Waals surface area contributed by atoms with Crippen LogP contribution in [-0.2, 0) is 21.4 Å². The van der Waals surface area contributed by atoms with E-state index in [1.54, 1.807) is 62.6 Å². The third-order valence-corrected chi connectivity index (χ3v) is 5.73. The van der Waals surface area contributed by atoms with Crippen LogP contribution in [0.25, 0.3) is 11.4 Å². The largest absolute Gasteiger partial charge is 0.497 e. The predicted octanol–water partition coefficient (Wildman–Crippen LogP) is 2.61. The van der Waals surface area contributed by atoms with Crippen molar-refractivity contribution in [2.24, 2.45) is 0 Å². The minimum absolute atomic E-state index is 0.0291. The Morgan fingerprint density at radius 1 is 1.19 bits per heavy atom. The van der Waals surface area contributed by atoms with E-state index in [0.29, 0.717) is 22.8 Å². The number of hydrogen-bond acceptors (Lipinski definition) is 7. The molecule has 0 spiro atoms. The smallest absolute Gasteiger partial charge is 0.246 e. The summed E-state index contributed by atoms with van der Waals surface area (Å²) in [5.41, 5.74) is 1.13. The summed E-state index contributed by atoms with van der Waals surface area (Å²) in [4.78, 5) is 17.1. The van der Waals surface area contributed by atoms with Crippen molar-refractivity contribution in [3.05, 3.63) is 60.5 Å². The van der Waals surface area contributed by atoms with Gasteiger partial charge in [0.25, 0.3) is 0 Å². The van der Waals surface area contributed by atoms with Crippen molar-refractivity contribution >= 4 is 21.6 Å². The fraction of sp³-hybridized carbons (Fsp3) is 0.286. The molecule has 0 saturated heterocycles. The number of ether oxygens (including phenoxy) is 1. The average molecular weight is 445 g/mol. The monoisotopic (exact) mass is 444 g/mol. The fourth-order valence-electron chi connectivity index (χ4n) is 3.12. The van der Waals surface area contributed by atoms with Crippen LogP contribution < -0.4 is 14.4 Å². The number of rotatable bonds is 9. The van der Waals surface area contributed by atoms with E-state index in [9.17, 15) is 13.2 Å². The summed E-state index contributed by atoms with van der Waals surface area (Å²) in [6, 6.07) is 14.8. The summed E-state index contributed by atoms with van der Waals surface area (Å²) in [5.74, 6) is 0.756. The molecule has 0 saturated carbocycles. The first kappa shape index (κ1) is 22.3.